The van der Waals surface area contributed by atoms with Crippen molar-refractivity contribution in [3.8, 4) is 44.8 Å². The fraction of sp³-hybridized carbons (Fsp3) is 0.0545. The first-order valence-corrected chi connectivity index (χ1v) is 20.1. The number of hydrogen-bond acceptors (Lipinski definition) is 1. The monoisotopic (exact) mass is 743 g/mol. The highest BCUT2D eigenvalue weighted by atomic mass is 15.2. The molecule has 0 fully saturated rings. The smallest absolute Gasteiger partial charge is 0.130 e. The Bertz CT molecular complexity index is 3000. The maximum Gasteiger partial charge on any atom is 0.130 e. The first-order valence-electron chi connectivity index (χ1n) is 20.1. The standard InChI is InChI=1S/C55H41N3/c1-55(2)50-18-10-12-20-52(50)58-53(55)37-49-48-17-9-11-19-51(48)57(54(49)58)47-35-27-43(28-36-47)42-25-33-46(34-26-42)56(44-29-21-40(22-30-44)38-13-5-3-6-14-38)45-31-23-41(24-32-45)39-15-7-4-8-16-39/h3-37H,1-2H3. The van der Waals surface area contributed by atoms with Gasteiger partial charge in [0.1, 0.15) is 5.65 Å². The molecule has 0 saturated heterocycles. The van der Waals surface area contributed by atoms with Crippen molar-refractivity contribution in [3.05, 3.63) is 224 Å². The SMILES string of the molecule is CC1(C)c2ccccc2-n2c1cc1c3ccccc3n(-c3ccc(-c4ccc(N(c5ccc(-c6ccccc6)cc5)c5ccc(-c6ccccc6)cc5)cc4)cc3)c12. The van der Waals surface area contributed by atoms with Crippen LogP contribution < -0.4 is 4.90 Å². The number of benzene rings is 8. The van der Waals surface area contributed by atoms with Crippen LogP contribution in [0.3, 0.4) is 0 Å². The fourth-order valence-electron chi connectivity index (χ4n) is 9.15. The van der Waals surface area contributed by atoms with Crippen molar-refractivity contribution in [2.24, 2.45) is 0 Å². The van der Waals surface area contributed by atoms with Crippen LogP contribution in [0, 0.1) is 0 Å². The lowest BCUT2D eigenvalue weighted by molar-refractivity contribution is 0.644. The molecule has 10 aromatic rings. The predicted octanol–water partition coefficient (Wildman–Crippen LogP) is 14.7. The van der Waals surface area contributed by atoms with Gasteiger partial charge in [-0.3, -0.25) is 9.13 Å². The number of para-hydroxylation sites is 2. The van der Waals surface area contributed by atoms with Crippen LogP contribution >= 0.6 is 0 Å². The van der Waals surface area contributed by atoms with E-state index in [-0.39, 0.29) is 5.41 Å². The zero-order valence-corrected chi connectivity index (χ0v) is 32.5. The van der Waals surface area contributed by atoms with Crippen LogP contribution in [0.5, 0.6) is 0 Å². The molecule has 3 heterocycles. The van der Waals surface area contributed by atoms with Gasteiger partial charge in [0.15, 0.2) is 0 Å². The Morgan fingerprint density at radius 1 is 0.379 bits per heavy atom. The molecule has 0 aliphatic carbocycles. The van der Waals surface area contributed by atoms with Gasteiger partial charge in [0.25, 0.3) is 0 Å². The van der Waals surface area contributed by atoms with Crippen molar-refractivity contribution in [3.63, 3.8) is 0 Å². The van der Waals surface area contributed by atoms with Crippen molar-refractivity contribution in [1.82, 2.24) is 9.13 Å². The summed E-state index contributed by atoms with van der Waals surface area (Å²) in [5, 5.41) is 2.57. The minimum Gasteiger partial charge on any atom is -0.311 e. The van der Waals surface area contributed by atoms with Gasteiger partial charge >= 0.3 is 0 Å². The van der Waals surface area contributed by atoms with E-state index >= 15 is 0 Å². The summed E-state index contributed by atoms with van der Waals surface area (Å²) in [5.74, 6) is 0. The number of anilines is 3. The predicted molar refractivity (Wildman–Crippen MR) is 243 cm³/mol. The molecule has 1 aliphatic rings. The first kappa shape index (κ1) is 33.9. The summed E-state index contributed by atoms with van der Waals surface area (Å²) < 4.78 is 4.94. The second-order valence-electron chi connectivity index (χ2n) is 15.9. The van der Waals surface area contributed by atoms with Gasteiger partial charge in [-0.1, -0.05) is 159 Å². The van der Waals surface area contributed by atoms with Crippen LogP contribution in [0.15, 0.2) is 212 Å². The number of fused-ring (bicyclic) bond motifs is 7. The Kier molecular flexibility index (Phi) is 7.84. The van der Waals surface area contributed by atoms with Crippen molar-refractivity contribution < 1.29 is 0 Å². The summed E-state index contributed by atoms with van der Waals surface area (Å²) in [7, 11) is 0. The minimum atomic E-state index is -0.0790. The van der Waals surface area contributed by atoms with Gasteiger partial charge in [-0.25, -0.2) is 0 Å². The van der Waals surface area contributed by atoms with Gasteiger partial charge in [0.05, 0.1) is 11.2 Å². The van der Waals surface area contributed by atoms with E-state index in [0.717, 1.165) is 22.7 Å². The molecule has 276 valence electrons. The van der Waals surface area contributed by atoms with E-state index in [0.29, 0.717) is 0 Å². The molecule has 11 rings (SSSR count). The van der Waals surface area contributed by atoms with E-state index in [1.54, 1.807) is 0 Å². The van der Waals surface area contributed by atoms with Crippen LogP contribution in [0.4, 0.5) is 17.1 Å². The lowest BCUT2D eigenvalue weighted by atomic mass is 9.83. The average molecular weight is 744 g/mol. The van der Waals surface area contributed by atoms with Gasteiger partial charge in [-0.05, 0) is 106 Å². The molecule has 0 radical (unpaired) electrons. The lowest BCUT2D eigenvalue weighted by Crippen LogP contribution is -2.15. The molecule has 3 nitrogen and oxygen atoms in total. The van der Waals surface area contributed by atoms with Crippen LogP contribution in [-0.2, 0) is 5.41 Å². The summed E-state index contributed by atoms with van der Waals surface area (Å²) in [5.41, 5.74) is 18.0. The van der Waals surface area contributed by atoms with E-state index < -0.39 is 0 Å². The van der Waals surface area contributed by atoms with Crippen LogP contribution in [0.2, 0.25) is 0 Å². The molecule has 2 aromatic heterocycles. The Labute approximate surface area is 339 Å². The molecule has 8 aromatic carbocycles. The third-order valence-electron chi connectivity index (χ3n) is 12.1. The molecule has 0 spiro atoms. The molecular formula is C55H41N3. The summed E-state index contributed by atoms with van der Waals surface area (Å²) in [6.07, 6.45) is 0. The number of aromatic nitrogens is 2. The third kappa shape index (κ3) is 5.43. The van der Waals surface area contributed by atoms with Crippen LogP contribution in [-0.4, -0.2) is 9.13 Å². The van der Waals surface area contributed by atoms with Gasteiger partial charge < -0.3 is 4.90 Å². The highest BCUT2D eigenvalue weighted by Gasteiger charge is 2.38. The van der Waals surface area contributed by atoms with Crippen molar-refractivity contribution in [2.75, 3.05) is 4.90 Å². The molecule has 0 unspecified atom stereocenters. The molecule has 58 heavy (non-hydrogen) atoms. The second kappa shape index (κ2) is 13.4. The highest BCUT2D eigenvalue weighted by molar-refractivity contribution is 6.10. The first-order chi connectivity index (χ1) is 28.5. The second-order valence-corrected chi connectivity index (χ2v) is 15.9. The minimum absolute atomic E-state index is 0.0790. The van der Waals surface area contributed by atoms with Crippen LogP contribution in [0.25, 0.3) is 66.7 Å². The van der Waals surface area contributed by atoms with E-state index in [1.165, 1.54) is 72.3 Å². The van der Waals surface area contributed by atoms with E-state index in [2.05, 4.69) is 240 Å². The zero-order chi connectivity index (χ0) is 38.8. The molecule has 0 bridgehead atoms. The molecule has 0 N–H and O–H groups in total. The maximum absolute atomic E-state index is 2.49. The Morgan fingerprint density at radius 3 is 1.34 bits per heavy atom. The fourth-order valence-corrected chi connectivity index (χ4v) is 9.15. The third-order valence-corrected chi connectivity index (χ3v) is 12.1. The molecule has 1 aliphatic heterocycles. The molecule has 0 saturated carbocycles. The van der Waals surface area contributed by atoms with Crippen molar-refractivity contribution >= 4 is 39.0 Å². The normalized spacial score (nSPS) is 12.8. The summed E-state index contributed by atoms with van der Waals surface area (Å²) in [6.45, 7) is 4.69. The summed E-state index contributed by atoms with van der Waals surface area (Å²) >= 11 is 0. The van der Waals surface area contributed by atoms with E-state index in [1.807, 2.05) is 0 Å². The number of hydrogen-bond donors (Lipinski definition) is 0. The average Bonchev–Trinajstić information content (AvgIpc) is 3.90. The molecule has 0 amide bonds. The quantitative estimate of drug-likeness (QED) is 0.158. The number of rotatable bonds is 7. The lowest BCUT2D eigenvalue weighted by Gasteiger charge is -2.26. The van der Waals surface area contributed by atoms with Gasteiger partial charge in [-0.2, -0.15) is 0 Å². The van der Waals surface area contributed by atoms with Crippen LogP contribution in [0.1, 0.15) is 25.1 Å². The van der Waals surface area contributed by atoms with Crippen molar-refractivity contribution in [2.45, 2.75) is 19.3 Å². The van der Waals surface area contributed by atoms with Crippen molar-refractivity contribution in [1.29, 1.82) is 0 Å². The highest BCUT2D eigenvalue weighted by Crippen LogP contribution is 2.48. The Hall–Kier alpha value is -7.36. The van der Waals surface area contributed by atoms with Gasteiger partial charge in [-0.15, -0.1) is 0 Å². The van der Waals surface area contributed by atoms with E-state index in [9.17, 15) is 0 Å². The molecular weight excluding hydrogens is 703 g/mol. The Morgan fingerprint density at radius 2 is 0.810 bits per heavy atom. The largest absolute Gasteiger partial charge is 0.311 e. The topological polar surface area (TPSA) is 13.1 Å². The number of nitrogens with zero attached hydrogens (tertiary/aromatic N) is 3. The summed E-state index contributed by atoms with van der Waals surface area (Å²) in [6, 6.07) is 77.0. The zero-order valence-electron chi connectivity index (χ0n) is 32.5. The maximum atomic E-state index is 2.49. The summed E-state index contributed by atoms with van der Waals surface area (Å²) in [4.78, 5) is 2.34. The van der Waals surface area contributed by atoms with Gasteiger partial charge in [0.2, 0.25) is 0 Å². The van der Waals surface area contributed by atoms with E-state index in [4.69, 9.17) is 0 Å². The molecule has 0 atom stereocenters. The van der Waals surface area contributed by atoms with Gasteiger partial charge in [0, 0.05) is 44.6 Å². The molecule has 3 heteroatoms. The Balaban J connectivity index is 0.956.